The van der Waals surface area contributed by atoms with Crippen molar-refractivity contribution in [1.29, 1.82) is 0 Å². The molecule has 2 aromatic carbocycles. The summed E-state index contributed by atoms with van der Waals surface area (Å²) in [5.74, 6) is -0.611. The first-order valence-electron chi connectivity index (χ1n) is 7.15. The van der Waals surface area contributed by atoms with E-state index in [0.29, 0.717) is 5.56 Å². The van der Waals surface area contributed by atoms with Gasteiger partial charge in [0.15, 0.2) is 5.60 Å². The summed E-state index contributed by atoms with van der Waals surface area (Å²) in [6, 6.07) is 14.0. The molecule has 0 saturated carbocycles. The van der Waals surface area contributed by atoms with E-state index >= 15 is 0 Å². The predicted octanol–water partition coefficient (Wildman–Crippen LogP) is 3.03. The maximum atomic E-state index is 11.9. The smallest absolute Gasteiger partial charge is 0.342 e. The van der Waals surface area contributed by atoms with Crippen LogP contribution in [0, 0.1) is 0 Å². The minimum absolute atomic E-state index is 0.255. The summed E-state index contributed by atoms with van der Waals surface area (Å²) in [4.78, 5) is 11.9. The average molecular weight is 282 g/mol. The topological polar surface area (TPSA) is 46.5 Å². The molecule has 1 atom stereocenters. The van der Waals surface area contributed by atoms with Gasteiger partial charge in [-0.25, -0.2) is 4.79 Å². The van der Waals surface area contributed by atoms with Gasteiger partial charge >= 0.3 is 5.97 Å². The Labute approximate surface area is 124 Å². The van der Waals surface area contributed by atoms with Crippen LogP contribution in [0.1, 0.15) is 30.5 Å². The molecule has 0 amide bonds. The molecule has 0 radical (unpaired) electrons. The average Bonchev–Trinajstić information content (AvgIpc) is 2.85. The monoisotopic (exact) mass is 282 g/mol. The molecule has 1 unspecified atom stereocenters. The molecule has 1 aliphatic carbocycles. The summed E-state index contributed by atoms with van der Waals surface area (Å²) in [5, 5.41) is 10.5. The fourth-order valence-electron chi connectivity index (χ4n) is 2.84. The van der Waals surface area contributed by atoms with Gasteiger partial charge in [0, 0.05) is 0 Å². The number of carbonyl (C=O) groups is 1. The number of aliphatic hydroxyl groups is 1. The molecule has 0 fully saturated rings. The van der Waals surface area contributed by atoms with E-state index in [1.165, 1.54) is 23.6 Å². The lowest BCUT2D eigenvalue weighted by Crippen LogP contribution is -2.34. The van der Waals surface area contributed by atoms with Gasteiger partial charge in [0.05, 0.1) is 6.61 Å². The van der Waals surface area contributed by atoms with Crippen LogP contribution in [0.15, 0.2) is 42.5 Å². The van der Waals surface area contributed by atoms with Crippen LogP contribution in [0.5, 0.6) is 0 Å². The maximum absolute atomic E-state index is 11.9. The Hall–Kier alpha value is -2.13. The van der Waals surface area contributed by atoms with E-state index in [4.69, 9.17) is 4.74 Å². The molecular formula is C18H18O3. The zero-order valence-corrected chi connectivity index (χ0v) is 12.2. The number of esters is 1. The number of hydrogen-bond acceptors (Lipinski definition) is 3. The lowest BCUT2D eigenvalue weighted by molar-refractivity contribution is -0.164. The highest BCUT2D eigenvalue weighted by atomic mass is 16.5. The fraction of sp³-hybridized carbons (Fsp3) is 0.278. The van der Waals surface area contributed by atoms with Crippen molar-refractivity contribution < 1.29 is 14.6 Å². The molecular weight excluding hydrogens is 264 g/mol. The highest BCUT2D eigenvalue weighted by molar-refractivity contribution is 5.82. The van der Waals surface area contributed by atoms with Crippen molar-refractivity contribution in [2.45, 2.75) is 25.9 Å². The van der Waals surface area contributed by atoms with Gasteiger partial charge in [-0.1, -0.05) is 42.5 Å². The van der Waals surface area contributed by atoms with E-state index in [-0.39, 0.29) is 6.61 Å². The van der Waals surface area contributed by atoms with Gasteiger partial charge in [0.25, 0.3) is 0 Å². The van der Waals surface area contributed by atoms with Gasteiger partial charge in [-0.3, -0.25) is 0 Å². The molecule has 21 heavy (non-hydrogen) atoms. The molecule has 108 valence electrons. The van der Waals surface area contributed by atoms with Crippen molar-refractivity contribution >= 4 is 5.97 Å². The third-order valence-electron chi connectivity index (χ3n) is 4.03. The maximum Gasteiger partial charge on any atom is 0.342 e. The van der Waals surface area contributed by atoms with Crippen LogP contribution in [0.4, 0.5) is 0 Å². The molecule has 0 aliphatic heterocycles. The summed E-state index contributed by atoms with van der Waals surface area (Å²) in [6.45, 7) is 3.47. The Morgan fingerprint density at radius 3 is 2.67 bits per heavy atom. The number of rotatable bonds is 3. The van der Waals surface area contributed by atoms with Gasteiger partial charge in [0.2, 0.25) is 0 Å². The minimum atomic E-state index is -1.61. The predicted molar refractivity (Wildman–Crippen MR) is 80.9 cm³/mol. The molecule has 3 rings (SSSR count). The van der Waals surface area contributed by atoms with E-state index in [2.05, 4.69) is 12.1 Å². The molecule has 0 spiro atoms. The van der Waals surface area contributed by atoms with Crippen molar-refractivity contribution in [3.8, 4) is 11.1 Å². The first-order valence-corrected chi connectivity index (χ1v) is 7.15. The highest BCUT2D eigenvalue weighted by Crippen LogP contribution is 2.38. The highest BCUT2D eigenvalue weighted by Gasteiger charge is 2.35. The Balaban J connectivity index is 1.99. The quantitative estimate of drug-likeness (QED) is 0.751. The molecule has 3 heteroatoms. The van der Waals surface area contributed by atoms with Crippen LogP contribution < -0.4 is 0 Å². The summed E-state index contributed by atoms with van der Waals surface area (Å²) in [7, 11) is 0. The van der Waals surface area contributed by atoms with Gasteiger partial charge in [-0.15, -0.1) is 0 Å². The standard InChI is InChI=1S/C18H18O3/c1-3-21-17(19)18(2,20)14-8-9-16-13(11-14)10-12-6-4-5-7-15(12)16/h4-9,11,20H,3,10H2,1-2H3. The summed E-state index contributed by atoms with van der Waals surface area (Å²) < 4.78 is 4.95. The number of carbonyl (C=O) groups excluding carboxylic acids is 1. The van der Waals surface area contributed by atoms with Crippen LogP contribution in [-0.2, 0) is 21.6 Å². The van der Waals surface area contributed by atoms with Crippen molar-refractivity contribution in [2.75, 3.05) is 6.61 Å². The summed E-state index contributed by atoms with van der Waals surface area (Å²) >= 11 is 0. The Kier molecular flexibility index (Phi) is 3.30. The summed E-state index contributed by atoms with van der Waals surface area (Å²) in [6.07, 6.45) is 0.832. The second-order valence-corrected chi connectivity index (χ2v) is 5.50. The van der Waals surface area contributed by atoms with E-state index in [0.717, 1.165) is 12.0 Å². The second kappa shape index (κ2) is 5.01. The Bertz CT molecular complexity index is 701. The number of fused-ring (bicyclic) bond motifs is 3. The fourth-order valence-corrected chi connectivity index (χ4v) is 2.84. The minimum Gasteiger partial charge on any atom is -0.464 e. The molecule has 1 aliphatic rings. The van der Waals surface area contributed by atoms with Gasteiger partial charge in [-0.2, -0.15) is 0 Å². The lowest BCUT2D eigenvalue weighted by Gasteiger charge is -2.22. The van der Waals surface area contributed by atoms with Crippen LogP contribution in [0.2, 0.25) is 0 Å². The number of hydrogen-bond donors (Lipinski definition) is 1. The third kappa shape index (κ3) is 2.24. The van der Waals surface area contributed by atoms with Crippen LogP contribution in [0.3, 0.4) is 0 Å². The van der Waals surface area contributed by atoms with Gasteiger partial charge in [-0.05, 0) is 48.1 Å². The zero-order valence-electron chi connectivity index (χ0n) is 12.2. The van der Waals surface area contributed by atoms with Gasteiger partial charge in [0.1, 0.15) is 0 Å². The van der Waals surface area contributed by atoms with Crippen molar-refractivity contribution in [1.82, 2.24) is 0 Å². The first kappa shape index (κ1) is 13.8. The first-order chi connectivity index (χ1) is 10.0. The van der Waals surface area contributed by atoms with E-state index < -0.39 is 11.6 Å². The lowest BCUT2D eigenvalue weighted by atomic mass is 9.92. The Morgan fingerprint density at radius 2 is 1.90 bits per heavy atom. The zero-order chi connectivity index (χ0) is 15.0. The van der Waals surface area contributed by atoms with Crippen molar-refractivity contribution in [2.24, 2.45) is 0 Å². The summed E-state index contributed by atoms with van der Waals surface area (Å²) in [5.41, 5.74) is 3.79. The van der Waals surface area contributed by atoms with Crippen LogP contribution >= 0.6 is 0 Å². The second-order valence-electron chi connectivity index (χ2n) is 5.50. The third-order valence-corrected chi connectivity index (χ3v) is 4.03. The van der Waals surface area contributed by atoms with E-state index in [9.17, 15) is 9.90 Å². The Morgan fingerprint density at radius 1 is 1.19 bits per heavy atom. The van der Waals surface area contributed by atoms with Crippen molar-refractivity contribution in [3.63, 3.8) is 0 Å². The molecule has 3 nitrogen and oxygen atoms in total. The molecule has 0 saturated heterocycles. The van der Waals surface area contributed by atoms with Crippen molar-refractivity contribution in [3.05, 3.63) is 59.2 Å². The molecule has 0 heterocycles. The normalized spacial score (nSPS) is 15.0. The molecule has 0 bridgehead atoms. The van der Waals surface area contributed by atoms with E-state index in [1.54, 1.807) is 13.0 Å². The SMILES string of the molecule is CCOC(=O)C(C)(O)c1ccc2c(c1)Cc1ccccc1-2. The van der Waals surface area contributed by atoms with E-state index in [1.807, 2.05) is 24.3 Å². The van der Waals surface area contributed by atoms with Crippen LogP contribution in [-0.4, -0.2) is 17.7 Å². The molecule has 1 N–H and O–H groups in total. The van der Waals surface area contributed by atoms with Crippen LogP contribution in [0.25, 0.3) is 11.1 Å². The van der Waals surface area contributed by atoms with Gasteiger partial charge < -0.3 is 9.84 Å². The number of benzene rings is 2. The molecule has 0 aromatic heterocycles. The molecule has 2 aromatic rings. The largest absolute Gasteiger partial charge is 0.464 e. The number of ether oxygens (including phenoxy) is 1.